The van der Waals surface area contributed by atoms with E-state index < -0.39 is 0 Å². The molecule has 0 aliphatic carbocycles. The second-order valence-corrected chi connectivity index (χ2v) is 7.34. The van der Waals surface area contributed by atoms with Crippen molar-refractivity contribution in [1.29, 1.82) is 0 Å². The number of hydrogen-bond donors (Lipinski definition) is 2. The zero-order chi connectivity index (χ0) is 17.3. The predicted molar refractivity (Wildman–Crippen MR) is 102 cm³/mol. The van der Waals surface area contributed by atoms with Gasteiger partial charge in [-0.05, 0) is 51.3 Å². The molecule has 2 saturated heterocycles. The number of nitrogens with one attached hydrogen (secondary N) is 2. The fourth-order valence-electron chi connectivity index (χ4n) is 3.92. The molecule has 2 aliphatic rings. The Bertz CT molecular complexity index is 532. The minimum Gasteiger partial charge on any atom is -0.356 e. The van der Waals surface area contributed by atoms with E-state index in [4.69, 9.17) is 0 Å². The number of carbonyl (C=O) groups is 1. The lowest BCUT2D eigenvalue weighted by Crippen LogP contribution is -2.33. The lowest BCUT2D eigenvalue weighted by Gasteiger charge is -2.27. The van der Waals surface area contributed by atoms with Crippen LogP contribution in [0.2, 0.25) is 0 Å². The van der Waals surface area contributed by atoms with Crippen LogP contribution in [0.5, 0.6) is 0 Å². The van der Waals surface area contributed by atoms with Gasteiger partial charge in [0.15, 0.2) is 0 Å². The fraction of sp³-hybridized carbons (Fsp3) is 0.700. The summed E-state index contributed by atoms with van der Waals surface area (Å²) >= 11 is 0. The second-order valence-electron chi connectivity index (χ2n) is 7.34. The Labute approximate surface area is 151 Å². The van der Waals surface area contributed by atoms with Gasteiger partial charge < -0.3 is 15.5 Å². The van der Waals surface area contributed by atoms with Crippen LogP contribution in [0.1, 0.15) is 56.9 Å². The number of nitrogens with zero attached hydrogens (tertiary/aromatic N) is 2. The van der Waals surface area contributed by atoms with Gasteiger partial charge in [0.1, 0.15) is 5.82 Å². The standard InChI is InChI=1S/C20H32N4O/c25-20(17-8-6-11-21-13-10-17)23-16-18-9-7-12-22-19(18)24-14-4-2-1-3-5-15-24/h7,9,12,17,21H,1-6,8,10-11,13-16H2,(H,23,25)/t17-/m1/s1. The Morgan fingerprint density at radius 1 is 1.12 bits per heavy atom. The molecule has 0 radical (unpaired) electrons. The molecule has 3 heterocycles. The smallest absolute Gasteiger partial charge is 0.223 e. The van der Waals surface area contributed by atoms with Gasteiger partial charge in [0.05, 0.1) is 0 Å². The van der Waals surface area contributed by atoms with Crippen molar-refractivity contribution >= 4 is 11.7 Å². The molecule has 1 aromatic heterocycles. The van der Waals surface area contributed by atoms with Gasteiger partial charge in [-0.3, -0.25) is 4.79 Å². The number of carbonyl (C=O) groups excluding carboxylic acids is 1. The first kappa shape index (κ1) is 18.2. The summed E-state index contributed by atoms with van der Waals surface area (Å²) in [5, 5.41) is 6.54. The minimum atomic E-state index is 0.150. The van der Waals surface area contributed by atoms with Crippen LogP contribution in [-0.2, 0) is 11.3 Å². The molecule has 0 aromatic carbocycles. The van der Waals surface area contributed by atoms with Gasteiger partial charge in [0.2, 0.25) is 5.91 Å². The summed E-state index contributed by atoms with van der Waals surface area (Å²) in [6.45, 7) is 4.72. The number of amides is 1. The maximum Gasteiger partial charge on any atom is 0.223 e. The molecule has 5 nitrogen and oxygen atoms in total. The average molecular weight is 345 g/mol. The molecular weight excluding hydrogens is 312 g/mol. The highest BCUT2D eigenvalue weighted by Gasteiger charge is 2.20. The molecule has 0 bridgehead atoms. The summed E-state index contributed by atoms with van der Waals surface area (Å²) in [5.41, 5.74) is 1.14. The summed E-state index contributed by atoms with van der Waals surface area (Å²) in [6.07, 6.45) is 11.3. The van der Waals surface area contributed by atoms with Gasteiger partial charge in [-0.1, -0.05) is 25.3 Å². The van der Waals surface area contributed by atoms with Crippen LogP contribution in [0.15, 0.2) is 18.3 Å². The molecule has 0 unspecified atom stereocenters. The van der Waals surface area contributed by atoms with E-state index in [1.807, 2.05) is 12.3 Å². The molecule has 1 aromatic rings. The SMILES string of the molecule is O=C(NCc1cccnc1N1CCCCCCC1)[C@@H]1CCCNCC1. The Balaban J connectivity index is 1.61. The highest BCUT2D eigenvalue weighted by Crippen LogP contribution is 2.21. The summed E-state index contributed by atoms with van der Waals surface area (Å²) in [7, 11) is 0. The van der Waals surface area contributed by atoms with Crippen molar-refractivity contribution in [1.82, 2.24) is 15.6 Å². The topological polar surface area (TPSA) is 57.3 Å². The first-order valence-electron chi connectivity index (χ1n) is 10.0. The first-order chi connectivity index (χ1) is 12.3. The lowest BCUT2D eigenvalue weighted by molar-refractivity contribution is -0.125. The molecule has 138 valence electrons. The fourth-order valence-corrected chi connectivity index (χ4v) is 3.92. The highest BCUT2D eigenvalue weighted by atomic mass is 16.1. The first-order valence-corrected chi connectivity index (χ1v) is 10.0. The van der Waals surface area contributed by atoms with E-state index >= 15 is 0 Å². The van der Waals surface area contributed by atoms with Gasteiger partial charge in [-0.25, -0.2) is 4.98 Å². The number of pyridine rings is 1. The Morgan fingerprint density at radius 2 is 1.92 bits per heavy atom. The Hall–Kier alpha value is -1.62. The number of rotatable bonds is 4. The van der Waals surface area contributed by atoms with E-state index in [0.717, 1.165) is 56.8 Å². The molecule has 2 aliphatic heterocycles. The largest absolute Gasteiger partial charge is 0.356 e. The maximum atomic E-state index is 12.5. The van der Waals surface area contributed by atoms with Gasteiger partial charge >= 0.3 is 0 Å². The molecule has 1 amide bonds. The molecular formula is C20H32N4O. The zero-order valence-electron chi connectivity index (χ0n) is 15.3. The third kappa shape index (κ3) is 5.43. The van der Waals surface area contributed by atoms with Gasteiger partial charge in [0.25, 0.3) is 0 Å². The third-order valence-electron chi connectivity index (χ3n) is 5.42. The quantitative estimate of drug-likeness (QED) is 0.882. The minimum absolute atomic E-state index is 0.150. The number of anilines is 1. The number of aromatic nitrogens is 1. The predicted octanol–water partition coefficient (Wildman–Crippen LogP) is 2.86. The molecule has 1 atom stereocenters. The summed E-state index contributed by atoms with van der Waals surface area (Å²) in [6, 6.07) is 4.08. The average Bonchev–Trinajstić information content (AvgIpc) is 2.89. The van der Waals surface area contributed by atoms with Crippen molar-refractivity contribution in [2.75, 3.05) is 31.1 Å². The summed E-state index contributed by atoms with van der Waals surface area (Å²) < 4.78 is 0. The van der Waals surface area contributed by atoms with Gasteiger partial charge in [0, 0.05) is 37.3 Å². The zero-order valence-corrected chi connectivity index (χ0v) is 15.3. The maximum absolute atomic E-state index is 12.5. The van der Waals surface area contributed by atoms with Gasteiger partial charge in [-0.2, -0.15) is 0 Å². The van der Waals surface area contributed by atoms with E-state index in [1.165, 1.54) is 32.1 Å². The van der Waals surface area contributed by atoms with Crippen molar-refractivity contribution in [3.8, 4) is 0 Å². The van der Waals surface area contributed by atoms with Crippen molar-refractivity contribution in [3.63, 3.8) is 0 Å². The van der Waals surface area contributed by atoms with E-state index in [2.05, 4.69) is 26.6 Å². The Kier molecular flexibility index (Phi) is 7.10. The molecule has 2 fully saturated rings. The number of hydrogen-bond acceptors (Lipinski definition) is 4. The molecule has 2 N–H and O–H groups in total. The van der Waals surface area contributed by atoms with Gasteiger partial charge in [-0.15, -0.1) is 0 Å². The lowest BCUT2D eigenvalue weighted by atomic mass is 10.00. The van der Waals surface area contributed by atoms with Crippen LogP contribution < -0.4 is 15.5 Å². The molecule has 0 spiro atoms. The molecule has 5 heteroatoms. The van der Waals surface area contributed by atoms with E-state index in [-0.39, 0.29) is 11.8 Å². The van der Waals surface area contributed by atoms with Crippen LogP contribution in [0.4, 0.5) is 5.82 Å². The van der Waals surface area contributed by atoms with E-state index in [0.29, 0.717) is 6.54 Å². The Morgan fingerprint density at radius 3 is 2.76 bits per heavy atom. The van der Waals surface area contributed by atoms with Crippen LogP contribution in [-0.4, -0.2) is 37.1 Å². The molecule has 25 heavy (non-hydrogen) atoms. The van der Waals surface area contributed by atoms with Crippen molar-refractivity contribution in [2.45, 2.75) is 57.9 Å². The van der Waals surface area contributed by atoms with Crippen LogP contribution in [0, 0.1) is 5.92 Å². The van der Waals surface area contributed by atoms with Crippen LogP contribution in [0.25, 0.3) is 0 Å². The second kappa shape index (κ2) is 9.76. The van der Waals surface area contributed by atoms with E-state index in [1.54, 1.807) is 0 Å². The third-order valence-corrected chi connectivity index (χ3v) is 5.42. The molecule has 3 rings (SSSR count). The summed E-state index contributed by atoms with van der Waals surface area (Å²) in [4.78, 5) is 19.6. The van der Waals surface area contributed by atoms with Crippen LogP contribution in [0.3, 0.4) is 0 Å². The van der Waals surface area contributed by atoms with Crippen LogP contribution >= 0.6 is 0 Å². The van der Waals surface area contributed by atoms with Crippen molar-refractivity contribution < 1.29 is 4.79 Å². The van der Waals surface area contributed by atoms with E-state index in [9.17, 15) is 4.79 Å². The van der Waals surface area contributed by atoms with Crippen molar-refractivity contribution in [2.24, 2.45) is 5.92 Å². The normalized spacial score (nSPS) is 22.6. The monoisotopic (exact) mass is 344 g/mol. The molecule has 0 saturated carbocycles. The van der Waals surface area contributed by atoms with Crippen molar-refractivity contribution in [3.05, 3.63) is 23.9 Å². The highest BCUT2D eigenvalue weighted by molar-refractivity contribution is 5.78. The summed E-state index contributed by atoms with van der Waals surface area (Å²) in [5.74, 6) is 1.41.